The van der Waals surface area contributed by atoms with Gasteiger partial charge in [0.05, 0.1) is 6.61 Å². The van der Waals surface area contributed by atoms with E-state index in [1.165, 1.54) is 0 Å². The molecule has 14 heavy (non-hydrogen) atoms. The average molecular weight is 318 g/mol. The van der Waals surface area contributed by atoms with Crippen LogP contribution in [0.3, 0.4) is 0 Å². The Kier molecular flexibility index (Phi) is 2.85. The molecule has 4 heteroatoms. The zero-order valence-corrected chi connectivity index (χ0v) is 10.1. The van der Waals surface area contributed by atoms with Crippen molar-refractivity contribution in [3.8, 4) is 0 Å². The van der Waals surface area contributed by atoms with E-state index in [1.54, 1.807) is 11.3 Å². The van der Waals surface area contributed by atoms with Crippen molar-refractivity contribution in [3.05, 3.63) is 32.2 Å². The van der Waals surface area contributed by atoms with Crippen LogP contribution in [0.2, 0.25) is 0 Å². The molecular weight excluding hydrogens is 311 g/mol. The van der Waals surface area contributed by atoms with Crippen molar-refractivity contribution in [2.24, 2.45) is 0 Å². The van der Waals surface area contributed by atoms with Gasteiger partial charge < -0.3 is 5.11 Å². The van der Waals surface area contributed by atoms with Gasteiger partial charge in [-0.2, -0.15) is 0 Å². The van der Waals surface area contributed by atoms with Gasteiger partial charge in [-0.15, -0.1) is 11.3 Å². The molecule has 0 aliphatic heterocycles. The van der Waals surface area contributed by atoms with Crippen LogP contribution in [0.4, 0.5) is 0 Å². The second-order valence-corrected chi connectivity index (χ2v) is 5.23. The molecule has 0 saturated carbocycles. The molecule has 1 heterocycles. The predicted octanol–water partition coefficient (Wildman–Crippen LogP) is 2.81. The first-order valence-corrected chi connectivity index (χ1v) is 5.92. The Hall–Kier alpha value is -0.460. The Balaban J connectivity index is 2.69. The molecule has 2 rings (SSSR count). The third-order valence-electron chi connectivity index (χ3n) is 1.97. The highest BCUT2D eigenvalue weighted by molar-refractivity contribution is 14.1. The topological polar surface area (TPSA) is 37.3 Å². The molecule has 1 aromatic carbocycles. The highest BCUT2D eigenvalue weighted by atomic mass is 127. The van der Waals surface area contributed by atoms with Crippen LogP contribution in [-0.2, 0) is 6.61 Å². The van der Waals surface area contributed by atoms with Gasteiger partial charge in [0.15, 0.2) is 6.29 Å². The number of hydrogen-bond donors (Lipinski definition) is 1. The lowest BCUT2D eigenvalue weighted by Crippen LogP contribution is -1.83. The van der Waals surface area contributed by atoms with Crippen LogP contribution in [0.1, 0.15) is 15.2 Å². The molecule has 0 aliphatic carbocycles. The van der Waals surface area contributed by atoms with Crippen LogP contribution in [0.5, 0.6) is 0 Å². The minimum atomic E-state index is 0.0619. The molecule has 0 saturated heterocycles. The first kappa shape index (κ1) is 10.1. The van der Waals surface area contributed by atoms with Gasteiger partial charge >= 0.3 is 0 Å². The van der Waals surface area contributed by atoms with Crippen molar-refractivity contribution in [2.45, 2.75) is 6.61 Å². The molecule has 0 amide bonds. The standard InChI is InChI=1S/C10H7IO2S/c11-9-3-10-6(1-7(9)4-12)2-8(5-13)14-10/h1-4,13H,5H2. The zero-order chi connectivity index (χ0) is 10.1. The highest BCUT2D eigenvalue weighted by Gasteiger charge is 2.05. The fourth-order valence-corrected chi connectivity index (χ4v) is 3.05. The number of rotatable bonds is 2. The zero-order valence-electron chi connectivity index (χ0n) is 7.16. The van der Waals surface area contributed by atoms with Crippen LogP contribution >= 0.6 is 33.9 Å². The molecule has 0 radical (unpaired) electrons. The van der Waals surface area contributed by atoms with E-state index < -0.39 is 0 Å². The van der Waals surface area contributed by atoms with E-state index in [4.69, 9.17) is 5.11 Å². The minimum Gasteiger partial charge on any atom is -0.391 e. The van der Waals surface area contributed by atoms with Gasteiger partial charge in [-0.3, -0.25) is 4.79 Å². The number of thiophene rings is 1. The van der Waals surface area contributed by atoms with Crippen molar-refractivity contribution in [1.82, 2.24) is 0 Å². The van der Waals surface area contributed by atoms with E-state index in [2.05, 4.69) is 22.6 Å². The summed E-state index contributed by atoms with van der Waals surface area (Å²) in [6, 6.07) is 5.76. The highest BCUT2D eigenvalue weighted by Crippen LogP contribution is 2.28. The van der Waals surface area contributed by atoms with Gasteiger partial charge in [-0.05, 0) is 46.2 Å². The molecule has 2 nitrogen and oxygen atoms in total. The summed E-state index contributed by atoms with van der Waals surface area (Å²) < 4.78 is 2.07. The number of aldehydes is 1. The molecule has 2 aromatic rings. The Labute approximate surface area is 98.7 Å². The summed E-state index contributed by atoms with van der Waals surface area (Å²) in [5, 5.41) is 10.0. The average Bonchev–Trinajstić information content (AvgIpc) is 2.58. The Morgan fingerprint density at radius 3 is 2.86 bits per heavy atom. The quantitative estimate of drug-likeness (QED) is 0.683. The summed E-state index contributed by atoms with van der Waals surface area (Å²) >= 11 is 3.70. The normalized spacial score (nSPS) is 10.7. The van der Waals surface area contributed by atoms with Gasteiger partial charge in [0.25, 0.3) is 0 Å². The van der Waals surface area contributed by atoms with E-state index in [0.717, 1.165) is 24.8 Å². The maximum Gasteiger partial charge on any atom is 0.151 e. The van der Waals surface area contributed by atoms with Crippen molar-refractivity contribution in [1.29, 1.82) is 0 Å². The second-order valence-electron chi connectivity index (χ2n) is 2.90. The summed E-state index contributed by atoms with van der Waals surface area (Å²) in [6.45, 7) is 0.0619. The third kappa shape index (κ3) is 1.69. The maximum absolute atomic E-state index is 10.7. The van der Waals surface area contributed by atoms with Gasteiger partial charge in [0.2, 0.25) is 0 Å². The van der Waals surface area contributed by atoms with E-state index in [0.29, 0.717) is 5.56 Å². The van der Waals surface area contributed by atoms with Gasteiger partial charge in [-0.1, -0.05) is 0 Å². The van der Waals surface area contributed by atoms with Gasteiger partial charge in [0, 0.05) is 18.7 Å². The Morgan fingerprint density at radius 2 is 2.21 bits per heavy atom. The van der Waals surface area contributed by atoms with Crippen LogP contribution < -0.4 is 0 Å². The van der Waals surface area contributed by atoms with Crippen molar-refractivity contribution >= 4 is 50.3 Å². The maximum atomic E-state index is 10.7. The Bertz CT molecular complexity index is 490. The molecule has 0 fully saturated rings. The lowest BCUT2D eigenvalue weighted by atomic mass is 10.2. The number of fused-ring (bicyclic) bond motifs is 1. The SMILES string of the molecule is O=Cc1cc2cc(CO)sc2cc1I. The van der Waals surface area contributed by atoms with E-state index in [9.17, 15) is 4.79 Å². The second kappa shape index (κ2) is 3.96. The van der Waals surface area contributed by atoms with E-state index >= 15 is 0 Å². The molecule has 1 aromatic heterocycles. The summed E-state index contributed by atoms with van der Waals surface area (Å²) in [6.07, 6.45) is 0.859. The molecule has 72 valence electrons. The first-order chi connectivity index (χ1) is 6.74. The molecule has 0 bridgehead atoms. The summed E-state index contributed by atoms with van der Waals surface area (Å²) in [5.74, 6) is 0. The van der Waals surface area contributed by atoms with Crippen molar-refractivity contribution in [2.75, 3.05) is 0 Å². The van der Waals surface area contributed by atoms with Crippen LogP contribution in [-0.4, -0.2) is 11.4 Å². The number of hydrogen-bond acceptors (Lipinski definition) is 3. The monoisotopic (exact) mass is 318 g/mol. The molecule has 0 unspecified atom stereocenters. The molecular formula is C10H7IO2S. The largest absolute Gasteiger partial charge is 0.391 e. The number of benzene rings is 1. The first-order valence-electron chi connectivity index (χ1n) is 4.02. The molecule has 0 atom stereocenters. The van der Waals surface area contributed by atoms with Crippen molar-refractivity contribution in [3.63, 3.8) is 0 Å². The van der Waals surface area contributed by atoms with Crippen LogP contribution in [0.25, 0.3) is 10.1 Å². The van der Waals surface area contributed by atoms with Crippen molar-refractivity contribution < 1.29 is 9.90 Å². The summed E-state index contributed by atoms with van der Waals surface area (Å²) in [4.78, 5) is 11.6. The fourth-order valence-electron chi connectivity index (χ4n) is 1.30. The summed E-state index contributed by atoms with van der Waals surface area (Å²) in [5.41, 5.74) is 0.709. The van der Waals surface area contributed by atoms with Gasteiger partial charge in [-0.25, -0.2) is 0 Å². The third-order valence-corrected chi connectivity index (χ3v) is 3.99. The number of halogens is 1. The molecule has 0 spiro atoms. The van der Waals surface area contributed by atoms with Gasteiger partial charge in [0.1, 0.15) is 0 Å². The van der Waals surface area contributed by atoms with E-state index in [1.807, 2.05) is 18.2 Å². The lowest BCUT2D eigenvalue weighted by Gasteiger charge is -1.95. The lowest BCUT2D eigenvalue weighted by molar-refractivity contribution is 0.112. The van der Waals surface area contributed by atoms with Crippen LogP contribution in [0.15, 0.2) is 18.2 Å². The number of aliphatic hydroxyl groups is 1. The number of carbonyl (C=O) groups is 1. The predicted molar refractivity (Wildman–Crippen MR) is 65.9 cm³/mol. The van der Waals surface area contributed by atoms with Crippen LogP contribution in [0, 0.1) is 3.57 Å². The minimum absolute atomic E-state index is 0.0619. The number of aliphatic hydroxyl groups excluding tert-OH is 1. The molecule has 0 aliphatic rings. The summed E-state index contributed by atoms with van der Waals surface area (Å²) in [7, 11) is 0. The Morgan fingerprint density at radius 1 is 1.43 bits per heavy atom. The fraction of sp³-hybridized carbons (Fsp3) is 0.100. The smallest absolute Gasteiger partial charge is 0.151 e. The number of carbonyl (C=O) groups excluding carboxylic acids is 1. The van der Waals surface area contributed by atoms with E-state index in [-0.39, 0.29) is 6.61 Å². The molecule has 1 N–H and O–H groups in total.